The lowest BCUT2D eigenvalue weighted by Gasteiger charge is -2.12. The SMILES string of the molecule is CCCCNc1nc(C2C(=O)Nc3ccc(C#N)cc32)c2cn(C3CCCC3)nc2n1. The van der Waals surface area contributed by atoms with Crippen LogP contribution in [-0.2, 0) is 4.79 Å². The van der Waals surface area contributed by atoms with Gasteiger partial charge in [-0.1, -0.05) is 26.2 Å². The quantitative estimate of drug-likeness (QED) is 0.587. The van der Waals surface area contributed by atoms with E-state index in [0.717, 1.165) is 48.9 Å². The van der Waals surface area contributed by atoms with E-state index in [1.165, 1.54) is 12.8 Å². The van der Waals surface area contributed by atoms with E-state index in [4.69, 9.17) is 10.1 Å². The minimum Gasteiger partial charge on any atom is -0.354 e. The number of aromatic nitrogens is 4. The van der Waals surface area contributed by atoms with Crippen LogP contribution in [0.15, 0.2) is 24.4 Å². The van der Waals surface area contributed by atoms with Crippen molar-refractivity contribution in [2.45, 2.75) is 57.4 Å². The zero-order chi connectivity index (χ0) is 21.4. The second-order valence-corrected chi connectivity index (χ2v) is 8.33. The Kier molecular flexibility index (Phi) is 5.02. The number of hydrogen-bond donors (Lipinski definition) is 2. The first-order valence-electron chi connectivity index (χ1n) is 11.0. The summed E-state index contributed by atoms with van der Waals surface area (Å²) >= 11 is 0. The lowest BCUT2D eigenvalue weighted by molar-refractivity contribution is -0.116. The van der Waals surface area contributed by atoms with Crippen LogP contribution in [0.3, 0.4) is 0 Å². The van der Waals surface area contributed by atoms with Gasteiger partial charge in [0.25, 0.3) is 0 Å². The monoisotopic (exact) mass is 415 g/mol. The van der Waals surface area contributed by atoms with Gasteiger partial charge in [0.15, 0.2) is 5.65 Å². The molecule has 1 saturated carbocycles. The first kappa shape index (κ1) is 19.5. The van der Waals surface area contributed by atoms with Crippen LogP contribution in [0.2, 0.25) is 0 Å². The minimum atomic E-state index is -0.596. The molecule has 3 aromatic rings. The van der Waals surface area contributed by atoms with Gasteiger partial charge in [-0.25, -0.2) is 4.98 Å². The molecule has 5 rings (SSSR count). The summed E-state index contributed by atoms with van der Waals surface area (Å²) in [5, 5.41) is 21.1. The zero-order valence-electron chi connectivity index (χ0n) is 17.6. The van der Waals surface area contributed by atoms with Crippen LogP contribution in [0.4, 0.5) is 11.6 Å². The van der Waals surface area contributed by atoms with Gasteiger partial charge in [0, 0.05) is 18.4 Å². The zero-order valence-corrected chi connectivity index (χ0v) is 17.6. The summed E-state index contributed by atoms with van der Waals surface area (Å²) in [5.74, 6) is -0.245. The molecule has 1 fully saturated rings. The summed E-state index contributed by atoms with van der Waals surface area (Å²) < 4.78 is 2.01. The van der Waals surface area contributed by atoms with E-state index >= 15 is 0 Å². The first-order chi connectivity index (χ1) is 15.2. The molecular formula is C23H25N7O. The highest BCUT2D eigenvalue weighted by Gasteiger charge is 2.36. The van der Waals surface area contributed by atoms with Crippen molar-refractivity contribution in [3.05, 3.63) is 41.2 Å². The van der Waals surface area contributed by atoms with Gasteiger partial charge in [-0.15, -0.1) is 0 Å². The Hall–Kier alpha value is -3.47. The van der Waals surface area contributed by atoms with Gasteiger partial charge in [-0.05, 0) is 43.0 Å². The summed E-state index contributed by atoms with van der Waals surface area (Å²) in [6.45, 7) is 2.89. The third kappa shape index (κ3) is 3.50. The Balaban J connectivity index is 1.64. The van der Waals surface area contributed by atoms with E-state index in [1.54, 1.807) is 18.2 Å². The third-order valence-corrected chi connectivity index (χ3v) is 6.22. The molecule has 1 aliphatic heterocycles. The standard InChI is InChI=1S/C23H25N7O/c1-2-3-10-25-23-27-20(17-13-30(29-21(17)28-23)15-6-4-5-7-15)19-16-11-14(12-24)8-9-18(16)26-22(19)31/h8-9,11,13,15,19H,2-7,10H2,1H3,(H,26,31)(H,25,28,29). The number of amides is 1. The predicted molar refractivity (Wildman–Crippen MR) is 118 cm³/mol. The van der Waals surface area contributed by atoms with E-state index in [1.807, 2.05) is 10.9 Å². The lowest BCUT2D eigenvalue weighted by Crippen LogP contribution is -2.16. The summed E-state index contributed by atoms with van der Waals surface area (Å²) in [7, 11) is 0. The number of fused-ring (bicyclic) bond motifs is 2. The summed E-state index contributed by atoms with van der Waals surface area (Å²) in [4.78, 5) is 22.4. The maximum absolute atomic E-state index is 13.0. The van der Waals surface area contributed by atoms with Crippen molar-refractivity contribution in [2.24, 2.45) is 0 Å². The molecule has 2 aromatic heterocycles. The van der Waals surface area contributed by atoms with E-state index in [9.17, 15) is 10.1 Å². The Morgan fingerprint density at radius 1 is 1.29 bits per heavy atom. The molecule has 1 unspecified atom stereocenters. The van der Waals surface area contributed by atoms with Gasteiger partial charge in [0.1, 0.15) is 5.92 Å². The smallest absolute Gasteiger partial charge is 0.238 e. The molecule has 1 amide bonds. The van der Waals surface area contributed by atoms with E-state index in [2.05, 4.69) is 28.6 Å². The molecule has 31 heavy (non-hydrogen) atoms. The number of hydrogen-bond acceptors (Lipinski definition) is 6. The lowest BCUT2D eigenvalue weighted by atomic mass is 9.94. The second kappa shape index (κ2) is 7.99. The van der Waals surface area contributed by atoms with Gasteiger partial charge >= 0.3 is 0 Å². The average molecular weight is 416 g/mol. The molecule has 8 heteroatoms. The van der Waals surface area contributed by atoms with Crippen LogP contribution in [0.5, 0.6) is 0 Å². The summed E-state index contributed by atoms with van der Waals surface area (Å²) in [6, 6.07) is 7.81. The fraction of sp³-hybridized carbons (Fsp3) is 0.435. The van der Waals surface area contributed by atoms with Gasteiger partial charge < -0.3 is 10.6 Å². The van der Waals surface area contributed by atoms with Crippen molar-refractivity contribution in [2.75, 3.05) is 17.2 Å². The third-order valence-electron chi connectivity index (χ3n) is 6.22. The first-order valence-corrected chi connectivity index (χ1v) is 11.0. The second-order valence-electron chi connectivity index (χ2n) is 8.33. The maximum Gasteiger partial charge on any atom is 0.238 e. The molecule has 0 bridgehead atoms. The van der Waals surface area contributed by atoms with E-state index < -0.39 is 5.92 Å². The molecule has 2 N–H and O–H groups in total. The topological polar surface area (TPSA) is 109 Å². The number of unbranched alkanes of at least 4 members (excludes halogenated alkanes) is 1. The van der Waals surface area contributed by atoms with Crippen molar-refractivity contribution in [1.29, 1.82) is 5.26 Å². The molecule has 0 radical (unpaired) electrons. The fourth-order valence-electron chi connectivity index (χ4n) is 4.58. The van der Waals surface area contributed by atoms with Gasteiger partial charge in [0.05, 0.1) is 28.8 Å². The van der Waals surface area contributed by atoms with E-state index in [0.29, 0.717) is 28.9 Å². The molecule has 3 heterocycles. The van der Waals surface area contributed by atoms with Gasteiger partial charge in [-0.2, -0.15) is 15.3 Å². The van der Waals surface area contributed by atoms with Crippen LogP contribution in [0.1, 0.15) is 74.2 Å². The normalized spacial score (nSPS) is 18.2. The molecule has 158 valence electrons. The number of nitrogens with zero attached hydrogens (tertiary/aromatic N) is 5. The number of carbonyl (C=O) groups excluding carboxylic acids is 1. The van der Waals surface area contributed by atoms with Gasteiger partial charge in [0.2, 0.25) is 11.9 Å². The minimum absolute atomic E-state index is 0.141. The molecule has 0 spiro atoms. The van der Waals surface area contributed by atoms with Crippen LogP contribution in [-0.4, -0.2) is 32.2 Å². The molecule has 1 aliphatic carbocycles. The maximum atomic E-state index is 13.0. The Morgan fingerprint density at radius 3 is 2.90 bits per heavy atom. The Bertz CT molecular complexity index is 1190. The van der Waals surface area contributed by atoms with Crippen LogP contribution in [0, 0.1) is 11.3 Å². The molecule has 2 aliphatic rings. The Morgan fingerprint density at radius 2 is 2.13 bits per heavy atom. The Labute approximate surface area is 180 Å². The van der Waals surface area contributed by atoms with Crippen molar-refractivity contribution in [3.8, 4) is 6.07 Å². The molecule has 8 nitrogen and oxygen atoms in total. The summed E-state index contributed by atoms with van der Waals surface area (Å²) in [5.41, 5.74) is 3.27. The molecule has 1 aromatic carbocycles. The van der Waals surface area contributed by atoms with Crippen LogP contribution >= 0.6 is 0 Å². The number of anilines is 2. The fourth-order valence-corrected chi connectivity index (χ4v) is 4.58. The van der Waals surface area contributed by atoms with E-state index in [-0.39, 0.29) is 5.91 Å². The number of nitriles is 1. The van der Waals surface area contributed by atoms with Crippen LogP contribution in [0.25, 0.3) is 11.0 Å². The largest absolute Gasteiger partial charge is 0.354 e. The predicted octanol–water partition coefficient (Wildman–Crippen LogP) is 4.11. The van der Waals surface area contributed by atoms with Crippen molar-refractivity contribution >= 4 is 28.6 Å². The average Bonchev–Trinajstić information content (AvgIpc) is 3.50. The molecule has 0 saturated heterocycles. The van der Waals surface area contributed by atoms with Gasteiger partial charge in [-0.3, -0.25) is 9.48 Å². The number of carbonyl (C=O) groups is 1. The highest BCUT2D eigenvalue weighted by molar-refractivity contribution is 6.06. The highest BCUT2D eigenvalue weighted by Crippen LogP contribution is 2.40. The van der Waals surface area contributed by atoms with Crippen molar-refractivity contribution in [3.63, 3.8) is 0 Å². The number of rotatable bonds is 6. The summed E-state index contributed by atoms with van der Waals surface area (Å²) in [6.07, 6.45) is 8.69. The van der Waals surface area contributed by atoms with Crippen molar-refractivity contribution < 1.29 is 4.79 Å². The highest BCUT2D eigenvalue weighted by atomic mass is 16.2. The number of nitrogens with one attached hydrogen (secondary N) is 2. The molecule has 1 atom stereocenters. The number of benzene rings is 1. The molecular weight excluding hydrogens is 390 g/mol. The van der Waals surface area contributed by atoms with Crippen LogP contribution < -0.4 is 10.6 Å². The van der Waals surface area contributed by atoms with Crippen molar-refractivity contribution in [1.82, 2.24) is 19.7 Å².